The van der Waals surface area contributed by atoms with E-state index in [1.165, 1.54) is 0 Å². The molecule has 1 aliphatic rings. The smallest absolute Gasteiger partial charge is 0.122 e. The van der Waals surface area contributed by atoms with Crippen LogP contribution in [0.25, 0.3) is 0 Å². The molecule has 2 rings (SSSR count). The van der Waals surface area contributed by atoms with Crippen molar-refractivity contribution in [2.24, 2.45) is 5.73 Å². The topological polar surface area (TPSA) is 82.6 Å². The van der Waals surface area contributed by atoms with Gasteiger partial charge < -0.3 is 20.5 Å². The highest BCUT2D eigenvalue weighted by Crippen LogP contribution is 2.18. The fraction of sp³-hybridized carbons (Fsp3) is 0.417. The molecule has 1 atom stereocenters. The highest BCUT2D eigenvalue weighted by atomic mass is 16.5. The molecule has 0 saturated carbocycles. The van der Waals surface area contributed by atoms with Gasteiger partial charge >= 0.3 is 0 Å². The van der Waals surface area contributed by atoms with Crippen molar-refractivity contribution in [3.63, 3.8) is 0 Å². The first kappa shape index (κ1) is 11.9. The number of nitrogen functional groups attached to an aromatic ring is 1. The Morgan fingerprint density at radius 2 is 2.18 bits per heavy atom. The van der Waals surface area contributed by atoms with E-state index in [9.17, 15) is 0 Å². The maximum atomic E-state index is 9.08. The summed E-state index contributed by atoms with van der Waals surface area (Å²) in [5, 5.41) is 16.4. The van der Waals surface area contributed by atoms with E-state index in [2.05, 4.69) is 4.90 Å². The summed E-state index contributed by atoms with van der Waals surface area (Å²) in [4.78, 5) is 2.16. The minimum Gasteiger partial charge on any atom is -0.394 e. The van der Waals surface area contributed by atoms with Crippen LogP contribution in [0.2, 0.25) is 0 Å². The molecule has 0 amide bonds. The van der Waals surface area contributed by atoms with Crippen molar-refractivity contribution >= 4 is 11.5 Å². The first-order valence-corrected chi connectivity index (χ1v) is 5.62. The van der Waals surface area contributed by atoms with E-state index in [0.717, 1.165) is 17.8 Å². The Morgan fingerprint density at radius 1 is 1.47 bits per heavy atom. The van der Waals surface area contributed by atoms with Crippen LogP contribution in [0.15, 0.2) is 24.3 Å². The zero-order valence-corrected chi connectivity index (χ0v) is 9.60. The molecule has 5 nitrogen and oxygen atoms in total. The minimum absolute atomic E-state index is 0.0437. The van der Waals surface area contributed by atoms with Crippen molar-refractivity contribution in [1.29, 1.82) is 5.41 Å². The van der Waals surface area contributed by atoms with Gasteiger partial charge in [-0.1, -0.05) is 0 Å². The maximum Gasteiger partial charge on any atom is 0.122 e. The molecule has 4 N–H and O–H groups in total. The molecule has 1 aromatic carbocycles. The lowest BCUT2D eigenvalue weighted by atomic mass is 10.1. The number of anilines is 1. The molecule has 0 aromatic heterocycles. The van der Waals surface area contributed by atoms with Crippen LogP contribution in [0.5, 0.6) is 0 Å². The fourth-order valence-corrected chi connectivity index (χ4v) is 1.92. The highest BCUT2D eigenvalue weighted by Gasteiger charge is 2.19. The first-order valence-electron chi connectivity index (χ1n) is 5.62. The van der Waals surface area contributed by atoms with Crippen LogP contribution in [0.3, 0.4) is 0 Å². The lowest BCUT2D eigenvalue weighted by Gasteiger charge is -2.33. The van der Waals surface area contributed by atoms with Gasteiger partial charge in [-0.2, -0.15) is 0 Å². The number of ether oxygens (including phenoxy) is 1. The van der Waals surface area contributed by atoms with Crippen LogP contribution in [0.1, 0.15) is 5.56 Å². The van der Waals surface area contributed by atoms with Crippen molar-refractivity contribution in [3.05, 3.63) is 29.8 Å². The average molecular weight is 235 g/mol. The number of amidine groups is 1. The molecule has 0 aliphatic carbocycles. The van der Waals surface area contributed by atoms with E-state index in [4.69, 9.17) is 21.0 Å². The van der Waals surface area contributed by atoms with Gasteiger partial charge in [0.15, 0.2) is 0 Å². The van der Waals surface area contributed by atoms with Gasteiger partial charge in [-0.05, 0) is 24.3 Å². The molecule has 1 unspecified atom stereocenters. The highest BCUT2D eigenvalue weighted by molar-refractivity contribution is 5.95. The van der Waals surface area contributed by atoms with Gasteiger partial charge in [-0.3, -0.25) is 5.41 Å². The second-order valence-corrected chi connectivity index (χ2v) is 4.08. The third-order valence-corrected chi connectivity index (χ3v) is 2.89. The van der Waals surface area contributed by atoms with Crippen LogP contribution < -0.4 is 10.6 Å². The number of hydrogen-bond acceptors (Lipinski definition) is 4. The molecule has 1 aromatic rings. The summed E-state index contributed by atoms with van der Waals surface area (Å²) in [7, 11) is 0. The van der Waals surface area contributed by atoms with E-state index in [-0.39, 0.29) is 18.5 Å². The van der Waals surface area contributed by atoms with Gasteiger partial charge in [-0.25, -0.2) is 0 Å². The van der Waals surface area contributed by atoms with E-state index in [1.807, 2.05) is 24.3 Å². The Bertz CT molecular complexity index is 391. The summed E-state index contributed by atoms with van der Waals surface area (Å²) in [6.45, 7) is 2.17. The Labute approximate surface area is 100 Å². The lowest BCUT2D eigenvalue weighted by Crippen LogP contribution is -2.44. The monoisotopic (exact) mass is 235 g/mol. The number of nitrogens with zero attached hydrogens (tertiary/aromatic N) is 1. The zero-order chi connectivity index (χ0) is 12.3. The first-order chi connectivity index (χ1) is 8.20. The SMILES string of the molecule is N=C(N)c1ccc(N2CCOC(CO)C2)cc1. The van der Waals surface area contributed by atoms with E-state index in [0.29, 0.717) is 13.2 Å². The molecule has 0 bridgehead atoms. The number of nitrogens with two attached hydrogens (primary N) is 1. The van der Waals surface area contributed by atoms with Crippen molar-refractivity contribution < 1.29 is 9.84 Å². The number of rotatable bonds is 3. The van der Waals surface area contributed by atoms with E-state index >= 15 is 0 Å². The Balaban J connectivity index is 2.08. The summed E-state index contributed by atoms with van der Waals surface area (Å²) in [6.07, 6.45) is -0.115. The number of aliphatic hydroxyl groups is 1. The quantitative estimate of drug-likeness (QED) is 0.515. The van der Waals surface area contributed by atoms with E-state index in [1.54, 1.807) is 0 Å². The summed E-state index contributed by atoms with van der Waals surface area (Å²) >= 11 is 0. The third kappa shape index (κ3) is 2.75. The Hall–Kier alpha value is -1.59. The van der Waals surface area contributed by atoms with Crippen LogP contribution in [-0.4, -0.2) is 43.3 Å². The van der Waals surface area contributed by atoms with Crippen LogP contribution >= 0.6 is 0 Å². The number of morpholine rings is 1. The molecular weight excluding hydrogens is 218 g/mol. The fourth-order valence-electron chi connectivity index (χ4n) is 1.92. The van der Waals surface area contributed by atoms with Gasteiger partial charge in [0.25, 0.3) is 0 Å². The standard InChI is InChI=1S/C12H17N3O2/c13-12(14)9-1-3-10(4-2-9)15-5-6-17-11(7-15)8-16/h1-4,11,16H,5-8H2,(H3,13,14). The number of benzene rings is 1. The second-order valence-electron chi connectivity index (χ2n) is 4.08. The molecule has 17 heavy (non-hydrogen) atoms. The lowest BCUT2D eigenvalue weighted by molar-refractivity contribution is 0.00357. The van der Waals surface area contributed by atoms with E-state index < -0.39 is 0 Å². The summed E-state index contributed by atoms with van der Waals surface area (Å²) < 4.78 is 5.40. The minimum atomic E-state index is -0.115. The summed E-state index contributed by atoms with van der Waals surface area (Å²) in [6, 6.07) is 7.55. The maximum absolute atomic E-state index is 9.08. The predicted molar refractivity (Wildman–Crippen MR) is 66.5 cm³/mol. The van der Waals surface area contributed by atoms with Gasteiger partial charge in [0, 0.05) is 24.3 Å². The molecule has 1 aliphatic heterocycles. The van der Waals surface area contributed by atoms with Crippen LogP contribution in [0.4, 0.5) is 5.69 Å². The number of nitrogens with one attached hydrogen (secondary N) is 1. The second kappa shape index (κ2) is 5.16. The third-order valence-electron chi connectivity index (χ3n) is 2.89. The van der Waals surface area contributed by atoms with Crippen LogP contribution in [-0.2, 0) is 4.74 Å². The molecule has 5 heteroatoms. The van der Waals surface area contributed by atoms with Crippen molar-refractivity contribution in [2.75, 3.05) is 31.2 Å². The molecule has 92 valence electrons. The van der Waals surface area contributed by atoms with Gasteiger partial charge in [-0.15, -0.1) is 0 Å². The van der Waals surface area contributed by atoms with Crippen molar-refractivity contribution in [3.8, 4) is 0 Å². The largest absolute Gasteiger partial charge is 0.394 e. The predicted octanol–water partition coefficient (Wildman–Crippen LogP) is 0.168. The number of aliphatic hydroxyl groups excluding tert-OH is 1. The zero-order valence-electron chi connectivity index (χ0n) is 9.60. The molecule has 0 radical (unpaired) electrons. The van der Waals surface area contributed by atoms with Crippen molar-refractivity contribution in [2.45, 2.75) is 6.10 Å². The molecule has 1 fully saturated rings. The summed E-state index contributed by atoms with van der Waals surface area (Å²) in [5.41, 5.74) is 7.19. The Kier molecular flexibility index (Phi) is 3.61. The normalized spacial score (nSPS) is 20.3. The summed E-state index contributed by atoms with van der Waals surface area (Å²) in [5.74, 6) is 0.0757. The molecule has 1 heterocycles. The van der Waals surface area contributed by atoms with Gasteiger partial charge in [0.2, 0.25) is 0 Å². The van der Waals surface area contributed by atoms with Gasteiger partial charge in [0.1, 0.15) is 5.84 Å². The average Bonchev–Trinajstić information content (AvgIpc) is 2.39. The van der Waals surface area contributed by atoms with Gasteiger partial charge in [0.05, 0.1) is 19.3 Å². The molecule has 0 spiro atoms. The Morgan fingerprint density at radius 3 is 2.76 bits per heavy atom. The van der Waals surface area contributed by atoms with Crippen molar-refractivity contribution in [1.82, 2.24) is 0 Å². The molecule has 1 saturated heterocycles. The van der Waals surface area contributed by atoms with Crippen LogP contribution in [0, 0.1) is 5.41 Å². The number of hydrogen-bond donors (Lipinski definition) is 3. The molecular formula is C12H17N3O2.